The number of carbonyl (C=O) groups excluding carboxylic acids is 1. The zero-order chi connectivity index (χ0) is 15.6. The van der Waals surface area contributed by atoms with Crippen molar-refractivity contribution >= 4 is 35.3 Å². The third-order valence-corrected chi connectivity index (χ3v) is 3.61. The van der Waals surface area contributed by atoms with Crippen LogP contribution in [-0.4, -0.2) is 46.2 Å². The van der Waals surface area contributed by atoms with Gasteiger partial charge >= 0.3 is 12.1 Å². The van der Waals surface area contributed by atoms with E-state index < -0.39 is 29.8 Å². The first-order chi connectivity index (χ1) is 9.88. The second kappa shape index (κ2) is 6.01. The summed E-state index contributed by atoms with van der Waals surface area (Å²) in [5.74, 6) is -3.67. The van der Waals surface area contributed by atoms with Crippen molar-refractivity contribution in [3.63, 3.8) is 0 Å². The van der Waals surface area contributed by atoms with Crippen LogP contribution in [0, 0.1) is 11.8 Å². The van der Waals surface area contributed by atoms with E-state index in [9.17, 15) is 14.4 Å². The predicted octanol–water partition coefficient (Wildman–Crippen LogP) is 1.59. The number of benzene rings is 1. The first-order valence-electron chi connectivity index (χ1n) is 6.15. The Bertz CT molecular complexity index is 574. The third-order valence-electron chi connectivity index (χ3n) is 3.36. The van der Waals surface area contributed by atoms with E-state index in [1.165, 1.54) is 0 Å². The summed E-state index contributed by atoms with van der Waals surface area (Å²) in [4.78, 5) is 35.2. The average molecular weight is 313 g/mol. The van der Waals surface area contributed by atoms with E-state index in [-0.39, 0.29) is 13.1 Å². The minimum atomic E-state index is -1.23. The number of nitrogens with zero attached hydrogens (tertiary/aromatic N) is 1. The van der Waals surface area contributed by atoms with Gasteiger partial charge in [0.25, 0.3) is 0 Å². The lowest BCUT2D eigenvalue weighted by molar-refractivity contribution is -0.144. The zero-order valence-electron chi connectivity index (χ0n) is 10.8. The van der Waals surface area contributed by atoms with E-state index in [1.807, 2.05) is 0 Å². The lowest BCUT2D eigenvalue weighted by Crippen LogP contribution is -2.32. The van der Waals surface area contributed by atoms with Gasteiger partial charge < -0.3 is 20.4 Å². The van der Waals surface area contributed by atoms with Crippen LogP contribution in [0.25, 0.3) is 0 Å². The molecule has 1 saturated heterocycles. The minimum Gasteiger partial charge on any atom is -0.481 e. The van der Waals surface area contributed by atoms with Crippen LogP contribution in [-0.2, 0) is 9.59 Å². The number of carboxylic acids is 1. The van der Waals surface area contributed by atoms with Gasteiger partial charge in [-0.25, -0.2) is 4.79 Å². The molecule has 1 heterocycles. The monoisotopic (exact) mass is 312 g/mol. The van der Waals surface area contributed by atoms with E-state index in [1.54, 1.807) is 24.3 Å². The summed E-state index contributed by atoms with van der Waals surface area (Å²) in [7, 11) is 0. The first kappa shape index (κ1) is 15.1. The predicted molar refractivity (Wildman–Crippen MR) is 74.3 cm³/mol. The van der Waals surface area contributed by atoms with Gasteiger partial charge in [-0.1, -0.05) is 11.6 Å². The minimum absolute atomic E-state index is 0.133. The van der Waals surface area contributed by atoms with E-state index in [0.717, 1.165) is 4.90 Å². The van der Waals surface area contributed by atoms with Crippen molar-refractivity contribution in [2.75, 3.05) is 18.4 Å². The van der Waals surface area contributed by atoms with Crippen molar-refractivity contribution in [3.8, 4) is 0 Å². The van der Waals surface area contributed by atoms with Crippen LogP contribution in [0.5, 0.6) is 0 Å². The first-order valence-corrected chi connectivity index (χ1v) is 6.53. The van der Waals surface area contributed by atoms with Gasteiger partial charge in [-0.3, -0.25) is 9.59 Å². The number of rotatable bonds is 3. The molecule has 3 N–H and O–H groups in total. The third kappa shape index (κ3) is 3.43. The number of aliphatic carboxylic acids is 1. The standard InChI is InChI=1S/C13H13ClN2O5/c14-7-1-3-8(4-2-7)15-11(17)9-5-16(13(20)21)6-10(9)12(18)19/h1-4,9-10H,5-6H2,(H,15,17)(H,18,19)(H,20,21)/t9-,10-/m0/s1. The number of likely N-dealkylation sites (tertiary alicyclic amines) is 1. The number of hydrogen-bond donors (Lipinski definition) is 3. The lowest BCUT2D eigenvalue weighted by Gasteiger charge is -2.14. The lowest BCUT2D eigenvalue weighted by atomic mass is 9.95. The highest BCUT2D eigenvalue weighted by molar-refractivity contribution is 6.30. The maximum absolute atomic E-state index is 12.2. The Morgan fingerprint density at radius 3 is 2.19 bits per heavy atom. The van der Waals surface area contributed by atoms with Crippen molar-refractivity contribution in [3.05, 3.63) is 29.3 Å². The molecule has 1 fully saturated rings. The van der Waals surface area contributed by atoms with Crippen LogP contribution in [0.2, 0.25) is 5.02 Å². The van der Waals surface area contributed by atoms with Crippen molar-refractivity contribution in [1.82, 2.24) is 4.90 Å². The molecular weight excluding hydrogens is 300 g/mol. The fourth-order valence-electron chi connectivity index (χ4n) is 2.24. The smallest absolute Gasteiger partial charge is 0.407 e. The van der Waals surface area contributed by atoms with Gasteiger partial charge in [0.05, 0.1) is 11.8 Å². The van der Waals surface area contributed by atoms with Crippen LogP contribution in [0.3, 0.4) is 0 Å². The topological polar surface area (TPSA) is 107 Å². The summed E-state index contributed by atoms with van der Waals surface area (Å²) < 4.78 is 0. The molecular formula is C13H13ClN2O5. The molecule has 2 amide bonds. The summed E-state index contributed by atoms with van der Waals surface area (Å²) in [6.07, 6.45) is -1.23. The van der Waals surface area contributed by atoms with E-state index in [4.69, 9.17) is 21.8 Å². The average Bonchev–Trinajstić information content (AvgIpc) is 2.87. The molecule has 1 aromatic carbocycles. The zero-order valence-corrected chi connectivity index (χ0v) is 11.6. The molecule has 0 bridgehead atoms. The Balaban J connectivity index is 2.11. The van der Waals surface area contributed by atoms with Crippen molar-refractivity contribution in [2.24, 2.45) is 11.8 Å². The maximum atomic E-state index is 12.2. The van der Waals surface area contributed by atoms with E-state index in [0.29, 0.717) is 10.7 Å². The number of nitrogens with one attached hydrogen (secondary N) is 1. The van der Waals surface area contributed by atoms with Gasteiger partial charge in [0, 0.05) is 23.8 Å². The van der Waals surface area contributed by atoms with Crippen LogP contribution in [0.15, 0.2) is 24.3 Å². The highest BCUT2D eigenvalue weighted by Gasteiger charge is 2.43. The molecule has 0 unspecified atom stereocenters. The van der Waals surface area contributed by atoms with E-state index in [2.05, 4.69) is 5.32 Å². The highest BCUT2D eigenvalue weighted by atomic mass is 35.5. The molecule has 1 aliphatic heterocycles. The quantitative estimate of drug-likeness (QED) is 0.785. The Hall–Kier alpha value is -2.28. The summed E-state index contributed by atoms with van der Waals surface area (Å²) in [5.41, 5.74) is 0.474. The maximum Gasteiger partial charge on any atom is 0.407 e. The second-order valence-electron chi connectivity index (χ2n) is 4.73. The summed E-state index contributed by atoms with van der Waals surface area (Å²) in [6, 6.07) is 6.34. The molecule has 0 radical (unpaired) electrons. The molecule has 2 atom stereocenters. The van der Waals surface area contributed by atoms with Gasteiger partial charge in [-0.05, 0) is 24.3 Å². The van der Waals surface area contributed by atoms with Gasteiger partial charge in [-0.2, -0.15) is 0 Å². The molecule has 0 aliphatic carbocycles. The van der Waals surface area contributed by atoms with Crippen molar-refractivity contribution in [2.45, 2.75) is 0 Å². The number of amides is 2. The normalized spacial score (nSPS) is 21.1. The molecule has 0 spiro atoms. The number of carboxylic acid groups (broad SMARTS) is 2. The highest BCUT2D eigenvalue weighted by Crippen LogP contribution is 2.25. The molecule has 1 aromatic rings. The number of anilines is 1. The van der Waals surface area contributed by atoms with Gasteiger partial charge in [0.1, 0.15) is 0 Å². The van der Waals surface area contributed by atoms with Gasteiger partial charge in [0.15, 0.2) is 0 Å². The van der Waals surface area contributed by atoms with Crippen LogP contribution in [0.1, 0.15) is 0 Å². The number of hydrogen-bond acceptors (Lipinski definition) is 3. The molecule has 0 aromatic heterocycles. The molecule has 8 heteroatoms. The van der Waals surface area contributed by atoms with Crippen LogP contribution < -0.4 is 5.32 Å². The van der Waals surface area contributed by atoms with E-state index >= 15 is 0 Å². The Morgan fingerprint density at radius 1 is 1.10 bits per heavy atom. The summed E-state index contributed by atoms with van der Waals surface area (Å²) in [5, 5.41) is 21.1. The number of halogens is 1. The SMILES string of the molecule is O=C(O)[C@H]1CN(C(=O)O)C[C@@H]1C(=O)Nc1ccc(Cl)cc1. The molecule has 21 heavy (non-hydrogen) atoms. The molecule has 0 saturated carbocycles. The van der Waals surface area contributed by atoms with Crippen molar-refractivity contribution in [1.29, 1.82) is 0 Å². The Morgan fingerprint density at radius 2 is 1.67 bits per heavy atom. The number of carbonyl (C=O) groups is 3. The Kier molecular flexibility index (Phi) is 4.32. The van der Waals surface area contributed by atoms with Crippen LogP contribution in [0.4, 0.5) is 10.5 Å². The largest absolute Gasteiger partial charge is 0.481 e. The van der Waals surface area contributed by atoms with Gasteiger partial charge in [-0.15, -0.1) is 0 Å². The molecule has 7 nitrogen and oxygen atoms in total. The molecule has 1 aliphatic rings. The second-order valence-corrected chi connectivity index (χ2v) is 5.17. The molecule has 112 valence electrons. The summed E-state index contributed by atoms with van der Waals surface area (Å²) in [6.45, 7) is -0.324. The fraction of sp³-hybridized carbons (Fsp3) is 0.308. The van der Waals surface area contributed by atoms with Gasteiger partial charge in [0.2, 0.25) is 5.91 Å². The molecule has 2 rings (SSSR count). The van der Waals surface area contributed by atoms with Crippen LogP contribution >= 0.6 is 11.6 Å². The van der Waals surface area contributed by atoms with Crippen molar-refractivity contribution < 1.29 is 24.6 Å². The Labute approximate surface area is 125 Å². The summed E-state index contributed by atoms with van der Waals surface area (Å²) >= 11 is 5.73. The fourth-order valence-corrected chi connectivity index (χ4v) is 2.37.